The Labute approximate surface area is 175 Å². The molecule has 5 heteroatoms. The molecule has 3 aromatic rings. The number of aryl methyl sites for hydroxylation is 3. The molecular weight excluding hydrogens is 380 g/mol. The molecule has 1 heterocycles. The van der Waals surface area contributed by atoms with Crippen molar-refractivity contribution in [1.29, 1.82) is 0 Å². The monoisotopic (exact) mass is 406 g/mol. The summed E-state index contributed by atoms with van der Waals surface area (Å²) in [5.41, 5.74) is 4.46. The van der Waals surface area contributed by atoms with Crippen molar-refractivity contribution in [3.05, 3.63) is 64.2 Å². The molecule has 0 atom stereocenters. The molecule has 1 aliphatic rings. The predicted molar refractivity (Wildman–Crippen MR) is 118 cm³/mol. The van der Waals surface area contributed by atoms with Gasteiger partial charge in [0.1, 0.15) is 0 Å². The lowest BCUT2D eigenvalue weighted by Crippen LogP contribution is -2.25. The molecule has 2 aromatic carbocycles. The first kappa shape index (κ1) is 19.8. The Morgan fingerprint density at radius 1 is 1.00 bits per heavy atom. The second kappa shape index (κ2) is 9.31. The lowest BCUT2D eigenvalue weighted by atomic mass is 9.89. The number of hydrogen-bond donors (Lipinski definition) is 1. The Balaban J connectivity index is 1.18. The summed E-state index contributed by atoms with van der Waals surface area (Å²) in [6, 6.07) is 14.2. The minimum atomic E-state index is -0.0550. The Morgan fingerprint density at radius 3 is 2.69 bits per heavy atom. The van der Waals surface area contributed by atoms with E-state index in [1.165, 1.54) is 28.7 Å². The molecular formula is C24H26N2O2S. The molecule has 0 bridgehead atoms. The van der Waals surface area contributed by atoms with Gasteiger partial charge in [0.15, 0.2) is 5.78 Å². The van der Waals surface area contributed by atoms with E-state index >= 15 is 0 Å². The number of carbonyl (C=O) groups excluding carboxylic acids is 2. The van der Waals surface area contributed by atoms with Crippen LogP contribution in [0.3, 0.4) is 0 Å². The molecule has 0 saturated carbocycles. The van der Waals surface area contributed by atoms with Crippen LogP contribution in [-0.2, 0) is 24.1 Å². The van der Waals surface area contributed by atoms with E-state index in [-0.39, 0.29) is 24.5 Å². The summed E-state index contributed by atoms with van der Waals surface area (Å²) in [5.74, 6) is 0.00334. The minimum Gasteiger partial charge on any atom is -0.356 e. The van der Waals surface area contributed by atoms with Crippen LogP contribution in [0, 0.1) is 0 Å². The number of ketones is 1. The molecule has 4 nitrogen and oxygen atoms in total. The van der Waals surface area contributed by atoms with Crippen molar-refractivity contribution in [3.63, 3.8) is 0 Å². The third-order valence-electron chi connectivity index (χ3n) is 5.48. The van der Waals surface area contributed by atoms with Crippen molar-refractivity contribution in [3.8, 4) is 0 Å². The standard InChI is InChI=1S/C24H26N2O2S/c27-21(19-12-11-17-6-1-2-7-18(17)16-19)13-14-23(28)25-15-5-10-24-26-20-8-3-4-9-22(20)29-24/h3-4,8-9,11-12,16H,1-2,5-7,10,13-15H2,(H,25,28). The smallest absolute Gasteiger partial charge is 0.220 e. The second-order valence-electron chi connectivity index (χ2n) is 7.64. The van der Waals surface area contributed by atoms with Gasteiger partial charge in [-0.05, 0) is 61.4 Å². The Kier molecular flexibility index (Phi) is 6.35. The molecule has 4 rings (SSSR count). The molecule has 1 aliphatic carbocycles. The number of carbonyl (C=O) groups is 2. The number of amides is 1. The van der Waals surface area contributed by atoms with E-state index in [1.807, 2.05) is 30.3 Å². The van der Waals surface area contributed by atoms with Crippen LogP contribution >= 0.6 is 11.3 Å². The van der Waals surface area contributed by atoms with Crippen molar-refractivity contribution in [2.75, 3.05) is 6.54 Å². The molecule has 0 fully saturated rings. The maximum Gasteiger partial charge on any atom is 0.220 e. The number of thiazole rings is 1. The number of fused-ring (bicyclic) bond motifs is 2. The fourth-order valence-corrected chi connectivity index (χ4v) is 4.87. The van der Waals surface area contributed by atoms with Crippen LogP contribution in [0.5, 0.6) is 0 Å². The number of hydrogen-bond acceptors (Lipinski definition) is 4. The average molecular weight is 407 g/mol. The molecule has 1 aromatic heterocycles. The summed E-state index contributed by atoms with van der Waals surface area (Å²) in [6.07, 6.45) is 6.83. The molecule has 0 radical (unpaired) electrons. The largest absolute Gasteiger partial charge is 0.356 e. The van der Waals surface area contributed by atoms with Crippen LogP contribution in [-0.4, -0.2) is 23.2 Å². The maximum absolute atomic E-state index is 12.4. The van der Waals surface area contributed by atoms with Crippen molar-refractivity contribution >= 4 is 33.2 Å². The normalized spacial score (nSPS) is 13.2. The number of Topliss-reactive ketones (excluding diaryl/α,β-unsaturated/α-hetero) is 1. The van der Waals surface area contributed by atoms with Gasteiger partial charge in [0.2, 0.25) is 5.91 Å². The zero-order valence-corrected chi connectivity index (χ0v) is 17.4. The summed E-state index contributed by atoms with van der Waals surface area (Å²) in [6.45, 7) is 0.613. The van der Waals surface area contributed by atoms with Crippen LogP contribution in [0.15, 0.2) is 42.5 Å². The van der Waals surface area contributed by atoms with E-state index in [0.717, 1.165) is 41.8 Å². The second-order valence-corrected chi connectivity index (χ2v) is 8.76. The van der Waals surface area contributed by atoms with Crippen LogP contribution in [0.25, 0.3) is 10.2 Å². The zero-order chi connectivity index (χ0) is 20.1. The Hall–Kier alpha value is -2.53. The predicted octanol–water partition coefficient (Wildman–Crippen LogP) is 4.89. The highest BCUT2D eigenvalue weighted by molar-refractivity contribution is 7.18. The van der Waals surface area contributed by atoms with E-state index in [2.05, 4.69) is 22.4 Å². The van der Waals surface area contributed by atoms with Gasteiger partial charge in [0.05, 0.1) is 15.2 Å². The Morgan fingerprint density at radius 2 is 1.83 bits per heavy atom. The fourth-order valence-electron chi connectivity index (χ4n) is 3.86. The lowest BCUT2D eigenvalue weighted by molar-refractivity contribution is -0.121. The van der Waals surface area contributed by atoms with Gasteiger partial charge in [-0.15, -0.1) is 11.3 Å². The van der Waals surface area contributed by atoms with Gasteiger partial charge < -0.3 is 5.32 Å². The minimum absolute atomic E-state index is 0.0550. The fraction of sp³-hybridized carbons (Fsp3) is 0.375. The first-order valence-electron chi connectivity index (χ1n) is 10.5. The highest BCUT2D eigenvalue weighted by atomic mass is 32.1. The van der Waals surface area contributed by atoms with Gasteiger partial charge >= 0.3 is 0 Å². The molecule has 0 spiro atoms. The average Bonchev–Trinajstić information content (AvgIpc) is 3.17. The van der Waals surface area contributed by atoms with E-state index in [1.54, 1.807) is 11.3 Å². The lowest BCUT2D eigenvalue weighted by Gasteiger charge is -2.16. The van der Waals surface area contributed by atoms with Crippen LogP contribution < -0.4 is 5.32 Å². The number of benzene rings is 2. The third kappa shape index (κ3) is 5.10. The van der Waals surface area contributed by atoms with Gasteiger partial charge in [-0.3, -0.25) is 9.59 Å². The third-order valence-corrected chi connectivity index (χ3v) is 6.57. The summed E-state index contributed by atoms with van der Waals surface area (Å²) >= 11 is 1.71. The van der Waals surface area contributed by atoms with Crippen LogP contribution in [0.1, 0.15) is 58.6 Å². The summed E-state index contributed by atoms with van der Waals surface area (Å²) in [4.78, 5) is 29.1. The molecule has 1 amide bonds. The summed E-state index contributed by atoms with van der Waals surface area (Å²) in [5, 5.41) is 4.03. The first-order valence-corrected chi connectivity index (χ1v) is 11.3. The van der Waals surface area contributed by atoms with Crippen LogP contribution in [0.4, 0.5) is 0 Å². The van der Waals surface area contributed by atoms with Crippen molar-refractivity contribution in [2.45, 2.75) is 51.4 Å². The maximum atomic E-state index is 12.4. The Bertz CT molecular complexity index is 992. The number of aromatic nitrogens is 1. The van der Waals surface area contributed by atoms with E-state index in [9.17, 15) is 9.59 Å². The van der Waals surface area contributed by atoms with Gasteiger partial charge in [-0.1, -0.05) is 24.3 Å². The topological polar surface area (TPSA) is 59.1 Å². The van der Waals surface area contributed by atoms with Crippen molar-refractivity contribution < 1.29 is 9.59 Å². The molecule has 29 heavy (non-hydrogen) atoms. The van der Waals surface area contributed by atoms with Gasteiger partial charge in [-0.25, -0.2) is 4.98 Å². The molecule has 1 N–H and O–H groups in total. The van der Waals surface area contributed by atoms with E-state index in [0.29, 0.717) is 6.54 Å². The highest BCUT2D eigenvalue weighted by Gasteiger charge is 2.14. The molecule has 0 saturated heterocycles. The number of para-hydroxylation sites is 1. The van der Waals surface area contributed by atoms with Gasteiger partial charge in [-0.2, -0.15) is 0 Å². The van der Waals surface area contributed by atoms with Crippen LogP contribution in [0.2, 0.25) is 0 Å². The zero-order valence-electron chi connectivity index (χ0n) is 16.6. The van der Waals surface area contributed by atoms with Crippen molar-refractivity contribution in [1.82, 2.24) is 10.3 Å². The van der Waals surface area contributed by atoms with Gasteiger partial charge in [0, 0.05) is 31.4 Å². The van der Waals surface area contributed by atoms with Crippen molar-refractivity contribution in [2.24, 2.45) is 0 Å². The molecule has 150 valence electrons. The summed E-state index contributed by atoms with van der Waals surface area (Å²) in [7, 11) is 0. The quantitative estimate of drug-likeness (QED) is 0.428. The van der Waals surface area contributed by atoms with E-state index < -0.39 is 0 Å². The first-order chi connectivity index (χ1) is 14.2. The molecule has 0 unspecified atom stereocenters. The SMILES string of the molecule is O=C(CCC(=O)c1ccc2c(c1)CCCC2)NCCCc1nc2ccccc2s1. The number of rotatable bonds is 8. The van der Waals surface area contributed by atoms with E-state index in [4.69, 9.17) is 0 Å². The summed E-state index contributed by atoms with van der Waals surface area (Å²) < 4.78 is 1.20. The molecule has 0 aliphatic heterocycles. The van der Waals surface area contributed by atoms with Gasteiger partial charge in [0.25, 0.3) is 0 Å². The number of nitrogens with one attached hydrogen (secondary N) is 1. The number of nitrogens with zero attached hydrogens (tertiary/aromatic N) is 1. The highest BCUT2D eigenvalue weighted by Crippen LogP contribution is 2.23.